The van der Waals surface area contributed by atoms with Gasteiger partial charge in [0.2, 0.25) is 0 Å². The van der Waals surface area contributed by atoms with E-state index in [9.17, 15) is 14.5 Å². The molecule has 0 aliphatic carbocycles. The van der Waals surface area contributed by atoms with E-state index in [1.54, 1.807) is 6.07 Å². The molecule has 2 aliphatic rings. The second-order valence-electron chi connectivity index (χ2n) is 7.47. The van der Waals surface area contributed by atoms with E-state index in [-0.39, 0.29) is 23.8 Å². The molecule has 1 unspecified atom stereocenters. The quantitative estimate of drug-likeness (QED) is 0.630. The molecule has 0 bridgehead atoms. The van der Waals surface area contributed by atoms with Crippen LogP contribution in [0, 0.1) is 6.92 Å². The maximum absolute atomic E-state index is 12.4. The Morgan fingerprint density at radius 1 is 1.37 bits per heavy atom. The number of benzene rings is 1. The number of likely N-dealkylation sites (tertiary alicyclic amines) is 1. The first-order chi connectivity index (χ1) is 12.9. The number of nitrogens with two attached hydrogens (primary N) is 1. The van der Waals surface area contributed by atoms with Crippen LogP contribution < -0.4 is 15.4 Å². The van der Waals surface area contributed by atoms with Crippen molar-refractivity contribution in [2.24, 2.45) is 5.73 Å². The van der Waals surface area contributed by atoms with Gasteiger partial charge in [-0.15, -0.1) is 0 Å². The van der Waals surface area contributed by atoms with Crippen LogP contribution in [0.15, 0.2) is 12.1 Å². The van der Waals surface area contributed by atoms with Gasteiger partial charge in [-0.05, 0) is 56.6 Å². The highest BCUT2D eigenvalue weighted by Crippen LogP contribution is 2.35. The summed E-state index contributed by atoms with van der Waals surface area (Å²) in [5.74, 6) is -0.000846. The number of phenols is 1. The summed E-state index contributed by atoms with van der Waals surface area (Å²) in [7, 11) is 0. The van der Waals surface area contributed by atoms with Crippen LogP contribution in [0.25, 0.3) is 0 Å². The van der Waals surface area contributed by atoms with Gasteiger partial charge in [0.15, 0.2) is 11.5 Å². The molecule has 0 spiro atoms. The minimum atomic E-state index is -1.41. The number of carbonyl (C=O) groups is 1. The molecular formula is C19H30N4O3S. The molecule has 2 atom stereocenters. The Labute approximate surface area is 164 Å². The van der Waals surface area contributed by atoms with Gasteiger partial charge in [0, 0.05) is 12.6 Å². The molecule has 0 aromatic heterocycles. The minimum absolute atomic E-state index is 0.0320. The number of hydrogen-bond acceptors (Lipinski definition) is 7. The zero-order chi connectivity index (χ0) is 19.6. The van der Waals surface area contributed by atoms with Gasteiger partial charge in [-0.25, -0.2) is 0 Å². The second-order valence-corrected chi connectivity index (χ2v) is 8.88. The summed E-state index contributed by atoms with van der Waals surface area (Å²) < 4.78 is 13.9. The van der Waals surface area contributed by atoms with Crippen LogP contribution in [0.4, 0.5) is 5.69 Å². The van der Waals surface area contributed by atoms with E-state index in [1.807, 2.05) is 13.0 Å². The number of ketones is 1. The fourth-order valence-corrected chi connectivity index (χ4v) is 5.21. The summed E-state index contributed by atoms with van der Waals surface area (Å²) in [6, 6.07) is 3.49. The first-order valence-electron chi connectivity index (χ1n) is 9.61. The molecule has 2 fully saturated rings. The summed E-state index contributed by atoms with van der Waals surface area (Å²) in [6.45, 7) is 8.05. The molecule has 27 heavy (non-hydrogen) atoms. The summed E-state index contributed by atoms with van der Waals surface area (Å²) in [5, 5.41) is 14.1. The molecule has 8 heteroatoms. The van der Waals surface area contributed by atoms with E-state index >= 15 is 0 Å². The predicted octanol–water partition coefficient (Wildman–Crippen LogP) is 0.655. The third-order valence-corrected chi connectivity index (χ3v) is 6.95. The molecule has 7 nitrogen and oxygen atoms in total. The van der Waals surface area contributed by atoms with Gasteiger partial charge in [0.25, 0.3) is 0 Å². The predicted molar refractivity (Wildman–Crippen MR) is 108 cm³/mol. The van der Waals surface area contributed by atoms with Gasteiger partial charge in [-0.1, -0.05) is 13.0 Å². The Balaban J connectivity index is 1.65. The van der Waals surface area contributed by atoms with E-state index in [2.05, 4.69) is 17.1 Å². The first-order valence-corrected chi connectivity index (χ1v) is 10.9. The molecule has 2 heterocycles. The molecule has 150 valence electrons. The summed E-state index contributed by atoms with van der Waals surface area (Å²) in [6.07, 6.45) is 2.26. The topological polar surface area (TPSA) is 105 Å². The van der Waals surface area contributed by atoms with Crippen molar-refractivity contribution in [3.63, 3.8) is 0 Å². The zero-order valence-electron chi connectivity index (χ0n) is 16.1. The number of nitrogens with zero attached hydrogens (tertiary/aromatic N) is 2. The van der Waals surface area contributed by atoms with Crippen molar-refractivity contribution in [1.82, 2.24) is 10.2 Å². The molecular weight excluding hydrogens is 364 g/mol. The lowest BCUT2D eigenvalue weighted by atomic mass is 10.0. The average Bonchev–Trinajstić information content (AvgIpc) is 2.64. The van der Waals surface area contributed by atoms with Crippen molar-refractivity contribution < 1.29 is 14.5 Å². The monoisotopic (exact) mass is 394 g/mol. The van der Waals surface area contributed by atoms with Crippen molar-refractivity contribution in [3.05, 3.63) is 23.3 Å². The smallest absolute Gasteiger partial charge is 0.178 e. The number of rotatable bonds is 5. The fourth-order valence-electron chi connectivity index (χ4n) is 3.82. The highest BCUT2D eigenvalue weighted by molar-refractivity contribution is 7.93. The third kappa shape index (κ3) is 4.75. The highest BCUT2D eigenvalue weighted by atomic mass is 32.2. The maximum atomic E-state index is 12.4. The zero-order valence-corrected chi connectivity index (χ0v) is 16.9. The molecule has 1 aromatic rings. The highest BCUT2D eigenvalue weighted by Gasteiger charge is 2.37. The second kappa shape index (κ2) is 8.79. The van der Waals surface area contributed by atoms with Crippen LogP contribution in [0.3, 0.4) is 0 Å². The van der Waals surface area contributed by atoms with Crippen LogP contribution in [-0.2, 0) is 22.7 Å². The Morgan fingerprint density at radius 3 is 2.70 bits per heavy atom. The average molecular weight is 395 g/mol. The molecule has 2 aliphatic heterocycles. The van der Waals surface area contributed by atoms with Crippen LogP contribution in [0.5, 0.6) is 5.75 Å². The van der Waals surface area contributed by atoms with Gasteiger partial charge in [0.1, 0.15) is 24.0 Å². The molecule has 0 saturated carbocycles. The summed E-state index contributed by atoms with van der Waals surface area (Å²) >= 11 is -1.41. The molecule has 4 N–H and O–H groups in total. The standard InChI is InChI=1S/C19H30N4O3S/c1-3-22-6-4-15(5-7-22)21-10-14-8-13(2)19(17(24)9-14)23-11-18(25)16(20)12-27(23)26/h8-9,15-16,21,24H,3-7,10-12,20H2,1-2H3/t16-,27?/m0/s1. The Bertz CT molecular complexity index is 656. The fraction of sp³-hybridized carbons (Fsp3) is 0.632. The van der Waals surface area contributed by atoms with Gasteiger partial charge < -0.3 is 25.6 Å². The lowest BCUT2D eigenvalue weighted by Gasteiger charge is -2.33. The molecule has 2 saturated heterocycles. The van der Waals surface area contributed by atoms with Crippen LogP contribution in [-0.4, -0.2) is 64.4 Å². The minimum Gasteiger partial charge on any atom is -0.593 e. The third-order valence-electron chi connectivity index (χ3n) is 5.50. The molecule has 3 rings (SSSR count). The van der Waals surface area contributed by atoms with Crippen molar-refractivity contribution in [2.45, 2.75) is 45.3 Å². The van der Waals surface area contributed by atoms with Gasteiger partial charge in [-0.3, -0.25) is 4.79 Å². The van der Waals surface area contributed by atoms with Crippen molar-refractivity contribution >= 4 is 22.8 Å². The largest absolute Gasteiger partial charge is 0.593 e. The Kier molecular flexibility index (Phi) is 6.65. The van der Waals surface area contributed by atoms with E-state index in [0.717, 1.165) is 43.6 Å². The lowest BCUT2D eigenvalue weighted by Crippen LogP contribution is -2.54. The number of hydrogen-bond donors (Lipinski definition) is 3. The summed E-state index contributed by atoms with van der Waals surface area (Å²) in [5.41, 5.74) is 7.95. The van der Waals surface area contributed by atoms with Crippen LogP contribution in [0.1, 0.15) is 30.9 Å². The van der Waals surface area contributed by atoms with E-state index < -0.39 is 17.4 Å². The normalized spacial score (nSPS) is 25.2. The van der Waals surface area contributed by atoms with Crippen molar-refractivity contribution in [1.29, 1.82) is 0 Å². The SMILES string of the molecule is CCN1CCC(NCc2cc(C)c(N3CC(=O)[C@@H](N)C[S+]3[O-])c(O)c2)CC1. The number of piperidine rings is 1. The van der Waals surface area contributed by atoms with Gasteiger partial charge in [0.05, 0.1) is 11.4 Å². The van der Waals surface area contributed by atoms with E-state index in [4.69, 9.17) is 5.73 Å². The number of aromatic hydroxyl groups is 1. The summed E-state index contributed by atoms with van der Waals surface area (Å²) in [4.78, 5) is 14.4. The van der Waals surface area contributed by atoms with Crippen molar-refractivity contribution in [2.75, 3.05) is 36.2 Å². The lowest BCUT2D eigenvalue weighted by molar-refractivity contribution is -0.118. The maximum Gasteiger partial charge on any atom is 0.178 e. The van der Waals surface area contributed by atoms with E-state index in [1.165, 1.54) is 4.31 Å². The van der Waals surface area contributed by atoms with E-state index in [0.29, 0.717) is 18.3 Å². The van der Waals surface area contributed by atoms with Gasteiger partial charge in [-0.2, -0.15) is 4.31 Å². The van der Waals surface area contributed by atoms with Gasteiger partial charge >= 0.3 is 0 Å². The number of phenolic OH excluding ortho intramolecular Hbond substituents is 1. The first kappa shape index (κ1) is 20.4. The molecule has 0 radical (unpaired) electrons. The number of aryl methyl sites for hydroxylation is 1. The van der Waals surface area contributed by atoms with Crippen LogP contribution >= 0.6 is 0 Å². The number of carbonyl (C=O) groups excluding carboxylic acids is 1. The van der Waals surface area contributed by atoms with Crippen LogP contribution in [0.2, 0.25) is 0 Å². The molecule has 0 amide bonds. The Morgan fingerprint density at radius 2 is 2.07 bits per heavy atom. The molecule has 1 aromatic carbocycles. The Hall–Kier alpha value is -1.32. The number of anilines is 1. The number of Topliss-reactive ketones (excluding diaryl/α,β-unsaturated/α-hetero) is 1. The number of nitrogens with one attached hydrogen (secondary N) is 1. The van der Waals surface area contributed by atoms with Crippen molar-refractivity contribution in [3.8, 4) is 5.75 Å².